The standard InChI is InChI=1S/C36H37N5O6/c1-3-4-10-20-36(35(43)44,32-19-21-37-47-32)39-33(26-12-6-5-7-13-26)28-23-25(2)17-18-29(28)38-34(42)31-16-11-22-40(31)24-27-14-8-9-15-30(27)41(45)46/h3,5-9,12-15,17-19,21,23,31H,1,4,10-11,16,20,22,24H2,2H3,(H,38,42)(H,43,44)/t31?,36-/m1/s1. The van der Waals surface area contributed by atoms with E-state index in [1.54, 1.807) is 30.3 Å². The lowest BCUT2D eigenvalue weighted by Gasteiger charge is -2.26. The fraction of sp³-hybridized carbons (Fsp3) is 0.278. The van der Waals surface area contributed by atoms with E-state index in [2.05, 4.69) is 17.1 Å². The summed E-state index contributed by atoms with van der Waals surface area (Å²) in [6.07, 6.45) is 5.66. The number of aromatic nitrogens is 1. The maximum absolute atomic E-state index is 13.9. The molecule has 47 heavy (non-hydrogen) atoms. The summed E-state index contributed by atoms with van der Waals surface area (Å²) in [5.74, 6) is -1.36. The third kappa shape index (κ3) is 7.36. The molecule has 0 saturated carbocycles. The van der Waals surface area contributed by atoms with Crippen LogP contribution in [-0.4, -0.2) is 50.3 Å². The zero-order chi connectivity index (χ0) is 33.4. The number of hydrogen-bond donors (Lipinski definition) is 2. The highest BCUT2D eigenvalue weighted by Gasteiger charge is 2.44. The first-order valence-corrected chi connectivity index (χ1v) is 15.5. The maximum Gasteiger partial charge on any atom is 0.339 e. The Morgan fingerprint density at radius 2 is 1.94 bits per heavy atom. The van der Waals surface area contributed by atoms with E-state index in [1.165, 1.54) is 18.3 Å². The quantitative estimate of drug-likeness (QED) is 0.0513. The number of allylic oxidation sites excluding steroid dienone is 1. The van der Waals surface area contributed by atoms with Crippen molar-refractivity contribution < 1.29 is 24.1 Å². The second kappa shape index (κ2) is 14.8. The number of benzene rings is 3. The van der Waals surface area contributed by atoms with Crippen LogP contribution in [0.5, 0.6) is 0 Å². The molecule has 2 atom stereocenters. The number of nitrogens with one attached hydrogen (secondary N) is 1. The molecule has 0 bridgehead atoms. The summed E-state index contributed by atoms with van der Waals surface area (Å²) in [6.45, 7) is 6.56. The van der Waals surface area contributed by atoms with Crippen LogP contribution in [0.4, 0.5) is 11.4 Å². The number of para-hydroxylation sites is 1. The first-order valence-electron chi connectivity index (χ1n) is 15.5. The molecule has 11 heteroatoms. The minimum absolute atomic E-state index is 0.0184. The topological polar surface area (TPSA) is 151 Å². The molecule has 1 amide bonds. The fourth-order valence-corrected chi connectivity index (χ4v) is 6.03. The van der Waals surface area contributed by atoms with Gasteiger partial charge in [0.2, 0.25) is 11.4 Å². The number of rotatable bonds is 14. The van der Waals surface area contributed by atoms with Crippen molar-refractivity contribution in [3.05, 3.63) is 136 Å². The van der Waals surface area contributed by atoms with Gasteiger partial charge in [0.05, 0.1) is 28.6 Å². The van der Waals surface area contributed by atoms with Crippen LogP contribution in [0.25, 0.3) is 0 Å². The number of aryl methyl sites for hydroxylation is 1. The van der Waals surface area contributed by atoms with E-state index in [4.69, 9.17) is 9.52 Å². The monoisotopic (exact) mass is 635 g/mol. The highest BCUT2D eigenvalue weighted by Crippen LogP contribution is 2.36. The Bertz CT molecular complexity index is 1770. The summed E-state index contributed by atoms with van der Waals surface area (Å²) in [5.41, 5.74) is 1.66. The lowest BCUT2D eigenvalue weighted by molar-refractivity contribution is -0.385. The average molecular weight is 636 g/mol. The second-order valence-electron chi connectivity index (χ2n) is 11.6. The molecule has 2 heterocycles. The van der Waals surface area contributed by atoms with Crippen LogP contribution in [0.2, 0.25) is 0 Å². The number of aliphatic carboxylic acids is 1. The molecule has 4 aromatic rings. The number of aliphatic imine (C=N–C) groups is 1. The van der Waals surface area contributed by atoms with Crippen molar-refractivity contribution in [2.24, 2.45) is 4.99 Å². The van der Waals surface area contributed by atoms with E-state index in [9.17, 15) is 24.8 Å². The number of unbranched alkanes of at least 4 members (excludes halogenated alkanes) is 1. The fourth-order valence-electron chi connectivity index (χ4n) is 6.03. The molecular formula is C36H37N5O6. The molecule has 2 N–H and O–H groups in total. The van der Waals surface area contributed by atoms with Crippen LogP contribution < -0.4 is 5.32 Å². The van der Waals surface area contributed by atoms with Gasteiger partial charge in [0, 0.05) is 35.4 Å². The third-order valence-corrected chi connectivity index (χ3v) is 8.41. The SMILES string of the molecule is C=CCCC[C@](N=C(c1ccccc1)c1cc(C)ccc1NC(=O)C1CCCN1Cc1ccccc1[N+](=O)[O-])(C(=O)O)c1ccno1. The van der Waals surface area contributed by atoms with Crippen LogP contribution in [0.15, 0.2) is 107 Å². The molecular weight excluding hydrogens is 598 g/mol. The van der Waals surface area contributed by atoms with Gasteiger partial charge in [0.25, 0.3) is 5.69 Å². The molecule has 242 valence electrons. The van der Waals surface area contributed by atoms with E-state index in [-0.39, 0.29) is 30.3 Å². The zero-order valence-corrected chi connectivity index (χ0v) is 26.2. The first kappa shape index (κ1) is 33.0. The lowest BCUT2D eigenvalue weighted by Crippen LogP contribution is -2.39. The van der Waals surface area contributed by atoms with Gasteiger partial charge < -0.3 is 14.9 Å². The maximum atomic E-state index is 13.9. The summed E-state index contributed by atoms with van der Waals surface area (Å²) >= 11 is 0. The van der Waals surface area contributed by atoms with Gasteiger partial charge in [-0.2, -0.15) is 0 Å². The van der Waals surface area contributed by atoms with E-state index in [0.717, 1.165) is 12.0 Å². The largest absolute Gasteiger partial charge is 0.479 e. The number of carbonyl (C=O) groups excluding carboxylic acids is 1. The molecule has 0 spiro atoms. The van der Waals surface area contributed by atoms with Gasteiger partial charge >= 0.3 is 5.97 Å². The number of carbonyl (C=O) groups is 2. The summed E-state index contributed by atoms with van der Waals surface area (Å²) < 4.78 is 5.45. The Morgan fingerprint density at radius 1 is 1.17 bits per heavy atom. The van der Waals surface area contributed by atoms with E-state index in [0.29, 0.717) is 53.9 Å². The molecule has 1 saturated heterocycles. The number of anilines is 1. The summed E-state index contributed by atoms with van der Waals surface area (Å²) in [6, 6.07) is 22.3. The molecule has 0 aliphatic carbocycles. The van der Waals surface area contributed by atoms with Crippen LogP contribution >= 0.6 is 0 Å². The molecule has 1 unspecified atom stereocenters. The average Bonchev–Trinajstić information content (AvgIpc) is 3.78. The van der Waals surface area contributed by atoms with Crippen molar-refractivity contribution in [3.8, 4) is 0 Å². The summed E-state index contributed by atoms with van der Waals surface area (Å²) in [4.78, 5) is 45.2. The normalized spacial score (nSPS) is 16.4. The number of likely N-dealkylation sites (tertiary alicyclic amines) is 1. The number of carboxylic acids is 1. The number of carboxylic acid groups (broad SMARTS) is 1. The zero-order valence-electron chi connectivity index (χ0n) is 26.2. The van der Waals surface area contributed by atoms with E-state index in [1.807, 2.05) is 54.3 Å². The van der Waals surface area contributed by atoms with Crippen LogP contribution in [0.3, 0.4) is 0 Å². The van der Waals surface area contributed by atoms with Crippen molar-refractivity contribution in [1.82, 2.24) is 10.1 Å². The minimum atomic E-state index is -1.80. The van der Waals surface area contributed by atoms with Crippen molar-refractivity contribution in [1.29, 1.82) is 0 Å². The lowest BCUT2D eigenvalue weighted by atomic mass is 9.88. The number of amides is 1. The van der Waals surface area contributed by atoms with Gasteiger partial charge in [-0.1, -0.05) is 71.4 Å². The molecule has 1 aliphatic rings. The van der Waals surface area contributed by atoms with Gasteiger partial charge in [-0.3, -0.25) is 24.8 Å². The Balaban J connectivity index is 1.56. The Morgan fingerprint density at radius 3 is 2.64 bits per heavy atom. The molecule has 0 radical (unpaired) electrons. The Kier molecular flexibility index (Phi) is 10.4. The number of nitro groups is 1. The first-order chi connectivity index (χ1) is 22.7. The van der Waals surface area contributed by atoms with Gasteiger partial charge in [0.1, 0.15) is 0 Å². The van der Waals surface area contributed by atoms with Crippen LogP contribution in [0, 0.1) is 17.0 Å². The van der Waals surface area contributed by atoms with Crippen molar-refractivity contribution in [3.63, 3.8) is 0 Å². The molecule has 11 nitrogen and oxygen atoms in total. The molecule has 1 fully saturated rings. The predicted molar refractivity (Wildman–Crippen MR) is 178 cm³/mol. The predicted octanol–water partition coefficient (Wildman–Crippen LogP) is 6.67. The smallest absolute Gasteiger partial charge is 0.339 e. The summed E-state index contributed by atoms with van der Waals surface area (Å²) in [5, 5.41) is 29.2. The molecule has 1 aromatic heterocycles. The van der Waals surface area contributed by atoms with Gasteiger partial charge in [-0.05, 0) is 57.7 Å². The molecule has 1 aliphatic heterocycles. The number of nitro benzene ring substituents is 1. The second-order valence-corrected chi connectivity index (χ2v) is 11.6. The third-order valence-electron chi connectivity index (χ3n) is 8.41. The van der Waals surface area contributed by atoms with Gasteiger partial charge in [-0.15, -0.1) is 6.58 Å². The number of hydrogen-bond acceptors (Lipinski definition) is 8. The van der Waals surface area contributed by atoms with E-state index < -0.39 is 22.5 Å². The van der Waals surface area contributed by atoms with Crippen molar-refractivity contribution in [2.75, 3.05) is 11.9 Å². The Hall–Kier alpha value is -5.42. The minimum Gasteiger partial charge on any atom is -0.479 e. The van der Waals surface area contributed by atoms with Crippen molar-refractivity contribution in [2.45, 2.75) is 57.2 Å². The highest BCUT2D eigenvalue weighted by atomic mass is 16.6. The highest BCUT2D eigenvalue weighted by molar-refractivity contribution is 6.18. The van der Waals surface area contributed by atoms with E-state index >= 15 is 0 Å². The van der Waals surface area contributed by atoms with Crippen LogP contribution in [-0.2, 0) is 21.7 Å². The summed E-state index contributed by atoms with van der Waals surface area (Å²) in [7, 11) is 0. The molecule has 5 rings (SSSR count). The van der Waals surface area contributed by atoms with Crippen LogP contribution in [0.1, 0.15) is 60.1 Å². The molecule has 3 aromatic carbocycles. The van der Waals surface area contributed by atoms with Gasteiger partial charge in [0.15, 0.2) is 5.76 Å². The van der Waals surface area contributed by atoms with Crippen molar-refractivity contribution >= 4 is 29.0 Å². The van der Waals surface area contributed by atoms with Gasteiger partial charge in [-0.25, -0.2) is 4.79 Å². The Labute approximate surface area is 272 Å². The number of nitrogens with zero attached hydrogens (tertiary/aromatic N) is 4.